The van der Waals surface area contributed by atoms with E-state index >= 15 is 0 Å². The molecule has 10 heteroatoms. The molecule has 0 aliphatic carbocycles. The summed E-state index contributed by atoms with van der Waals surface area (Å²) < 4.78 is 5.11. The Labute approximate surface area is 212 Å². The molecule has 2 amide bonds. The highest BCUT2D eigenvalue weighted by molar-refractivity contribution is 7.10. The number of piperidine rings is 1. The van der Waals surface area contributed by atoms with E-state index in [1.54, 1.807) is 48.9 Å². The van der Waals surface area contributed by atoms with Gasteiger partial charge in [0.05, 0.1) is 24.0 Å². The average Bonchev–Trinajstić information content (AvgIpc) is 3.39. The number of ketones is 1. The summed E-state index contributed by atoms with van der Waals surface area (Å²) in [5.41, 5.74) is 1.48. The lowest BCUT2D eigenvalue weighted by atomic mass is 9.97. The fraction of sp³-hybridized carbons (Fsp3) is 0.320. The smallest absolute Gasteiger partial charge is 0.275 e. The summed E-state index contributed by atoms with van der Waals surface area (Å²) in [6.45, 7) is 1.22. The number of anilines is 1. The highest BCUT2D eigenvalue weighted by Crippen LogP contribution is 2.31. The monoisotopic (exact) mass is 512 g/mol. The predicted molar refractivity (Wildman–Crippen MR) is 134 cm³/mol. The number of ether oxygens (including phenoxy) is 1. The van der Waals surface area contributed by atoms with Gasteiger partial charge in [0.15, 0.2) is 5.78 Å². The van der Waals surface area contributed by atoms with Crippen LogP contribution in [0.25, 0.3) is 0 Å². The van der Waals surface area contributed by atoms with Crippen LogP contribution in [0.4, 0.5) is 5.69 Å². The van der Waals surface area contributed by atoms with Gasteiger partial charge in [-0.3, -0.25) is 14.4 Å². The van der Waals surface area contributed by atoms with Crippen LogP contribution in [0.2, 0.25) is 5.15 Å². The van der Waals surface area contributed by atoms with Gasteiger partial charge in [0.25, 0.3) is 5.91 Å². The van der Waals surface area contributed by atoms with Crippen LogP contribution in [-0.2, 0) is 4.79 Å². The fourth-order valence-electron chi connectivity index (χ4n) is 3.90. The number of pyridine rings is 1. The van der Waals surface area contributed by atoms with E-state index in [1.807, 2.05) is 4.90 Å². The van der Waals surface area contributed by atoms with Crippen LogP contribution in [0.3, 0.4) is 0 Å². The van der Waals surface area contributed by atoms with E-state index in [-0.39, 0.29) is 36.4 Å². The number of halogens is 1. The standard InChI is InChI=1S/C25H25ClN4O4S/c1-34-19-5-2-16(3-6-19)21(31)7-9-23(32)30-12-10-17(11-13-30)25-29-20(15-35-25)24(33)28-18-4-8-22(26)27-14-18/h2-6,8,14-15,17H,7,9-13H2,1H3,(H,28,33). The number of benzene rings is 1. The number of carbonyl (C=O) groups is 3. The maximum absolute atomic E-state index is 12.6. The van der Waals surface area contributed by atoms with Crippen molar-refractivity contribution in [2.24, 2.45) is 0 Å². The molecule has 0 atom stereocenters. The number of nitrogens with one attached hydrogen (secondary N) is 1. The number of hydrogen-bond donors (Lipinski definition) is 1. The van der Waals surface area contributed by atoms with Gasteiger partial charge in [-0.15, -0.1) is 11.3 Å². The molecule has 0 radical (unpaired) electrons. The zero-order valence-electron chi connectivity index (χ0n) is 19.2. The van der Waals surface area contributed by atoms with Crippen LogP contribution in [0.1, 0.15) is 57.5 Å². The van der Waals surface area contributed by atoms with Crippen LogP contribution in [0.5, 0.6) is 5.75 Å². The first-order valence-electron chi connectivity index (χ1n) is 11.3. The highest BCUT2D eigenvalue weighted by Gasteiger charge is 2.26. The third-order valence-electron chi connectivity index (χ3n) is 5.91. The lowest BCUT2D eigenvalue weighted by molar-refractivity contribution is -0.132. The van der Waals surface area contributed by atoms with Crippen molar-refractivity contribution in [1.29, 1.82) is 0 Å². The number of thiazole rings is 1. The highest BCUT2D eigenvalue weighted by atomic mass is 35.5. The number of hydrogen-bond acceptors (Lipinski definition) is 7. The SMILES string of the molecule is COc1ccc(C(=O)CCC(=O)N2CCC(c3nc(C(=O)Nc4ccc(Cl)nc4)cs3)CC2)cc1. The van der Waals surface area contributed by atoms with Crippen molar-refractivity contribution < 1.29 is 19.1 Å². The van der Waals surface area contributed by atoms with Crippen LogP contribution in [-0.4, -0.2) is 52.7 Å². The number of nitrogens with zero attached hydrogens (tertiary/aromatic N) is 3. The van der Waals surface area contributed by atoms with Crippen LogP contribution in [0, 0.1) is 0 Å². The lowest BCUT2D eigenvalue weighted by Gasteiger charge is -2.31. The third-order valence-corrected chi connectivity index (χ3v) is 7.15. The Kier molecular flexibility index (Phi) is 8.09. The largest absolute Gasteiger partial charge is 0.497 e. The summed E-state index contributed by atoms with van der Waals surface area (Å²) in [5.74, 6) is 0.516. The molecule has 8 nitrogen and oxygen atoms in total. The van der Waals surface area contributed by atoms with Gasteiger partial charge < -0.3 is 15.0 Å². The Morgan fingerprint density at radius 1 is 1.11 bits per heavy atom. The molecule has 0 unspecified atom stereocenters. The van der Waals surface area contributed by atoms with Crippen molar-refractivity contribution in [3.05, 3.63) is 69.4 Å². The molecule has 1 saturated heterocycles. The van der Waals surface area contributed by atoms with Gasteiger partial charge in [0.2, 0.25) is 5.91 Å². The number of amides is 2. The summed E-state index contributed by atoms with van der Waals surface area (Å²) in [5, 5.41) is 5.76. The quantitative estimate of drug-likeness (QED) is 0.343. The molecule has 182 valence electrons. The summed E-state index contributed by atoms with van der Waals surface area (Å²) in [6, 6.07) is 10.2. The Morgan fingerprint density at radius 2 is 1.86 bits per heavy atom. The van der Waals surface area contributed by atoms with Crippen molar-refractivity contribution in [1.82, 2.24) is 14.9 Å². The van der Waals surface area contributed by atoms with E-state index in [1.165, 1.54) is 17.5 Å². The number of carbonyl (C=O) groups excluding carboxylic acids is 3. The van der Waals surface area contributed by atoms with Crippen molar-refractivity contribution in [2.45, 2.75) is 31.6 Å². The Hall–Kier alpha value is -3.30. The van der Waals surface area contributed by atoms with Gasteiger partial charge in [-0.2, -0.15) is 0 Å². The maximum atomic E-state index is 12.6. The van der Waals surface area contributed by atoms with Crippen LogP contribution in [0.15, 0.2) is 48.0 Å². The minimum absolute atomic E-state index is 0.0129. The topological polar surface area (TPSA) is 101 Å². The molecule has 1 fully saturated rings. The van der Waals surface area contributed by atoms with E-state index in [0.29, 0.717) is 40.9 Å². The first-order valence-corrected chi connectivity index (χ1v) is 12.5. The van der Waals surface area contributed by atoms with Gasteiger partial charge in [-0.05, 0) is 49.2 Å². The molecule has 35 heavy (non-hydrogen) atoms. The molecule has 0 spiro atoms. The number of methoxy groups -OCH3 is 1. The van der Waals surface area contributed by atoms with Crippen molar-refractivity contribution in [3.63, 3.8) is 0 Å². The molecule has 3 heterocycles. The second kappa shape index (κ2) is 11.4. The third kappa shape index (κ3) is 6.43. The van der Waals surface area contributed by atoms with E-state index in [9.17, 15) is 14.4 Å². The van der Waals surface area contributed by atoms with Crippen molar-refractivity contribution in [2.75, 3.05) is 25.5 Å². The van der Waals surface area contributed by atoms with Gasteiger partial charge in [0.1, 0.15) is 16.6 Å². The predicted octanol–water partition coefficient (Wildman–Crippen LogP) is 4.82. The van der Waals surface area contributed by atoms with E-state index in [2.05, 4.69) is 15.3 Å². The molecule has 4 rings (SSSR count). The van der Waals surface area contributed by atoms with Crippen molar-refractivity contribution in [3.8, 4) is 5.75 Å². The fourth-order valence-corrected chi connectivity index (χ4v) is 4.98. The molecular weight excluding hydrogens is 488 g/mol. The number of Topliss-reactive ketones (excluding diaryl/α,β-unsaturated/α-hetero) is 1. The first-order chi connectivity index (χ1) is 16.9. The molecule has 0 saturated carbocycles. The second-order valence-corrected chi connectivity index (χ2v) is 9.48. The van der Waals surface area contributed by atoms with Gasteiger partial charge in [-0.1, -0.05) is 11.6 Å². The van der Waals surface area contributed by atoms with Crippen LogP contribution >= 0.6 is 22.9 Å². The molecule has 1 N–H and O–H groups in total. The summed E-state index contributed by atoms with van der Waals surface area (Å²) in [7, 11) is 1.57. The van der Waals surface area contributed by atoms with E-state index in [0.717, 1.165) is 17.8 Å². The molecular formula is C25H25ClN4O4S. The molecule has 3 aromatic rings. The second-order valence-electron chi connectivity index (χ2n) is 8.20. The summed E-state index contributed by atoms with van der Waals surface area (Å²) >= 11 is 7.23. The Balaban J connectivity index is 1.24. The maximum Gasteiger partial charge on any atom is 0.275 e. The minimum atomic E-state index is -0.300. The van der Waals surface area contributed by atoms with Gasteiger partial charge >= 0.3 is 0 Å². The minimum Gasteiger partial charge on any atom is -0.497 e. The summed E-state index contributed by atoms with van der Waals surface area (Å²) in [6.07, 6.45) is 3.41. The van der Waals surface area contributed by atoms with E-state index < -0.39 is 0 Å². The van der Waals surface area contributed by atoms with Gasteiger partial charge in [0, 0.05) is 42.8 Å². The molecule has 0 bridgehead atoms. The normalized spacial score (nSPS) is 13.9. The van der Waals surface area contributed by atoms with Crippen LogP contribution < -0.4 is 10.1 Å². The molecule has 2 aromatic heterocycles. The average molecular weight is 513 g/mol. The first kappa shape index (κ1) is 24.8. The molecule has 1 aliphatic heterocycles. The Morgan fingerprint density at radius 3 is 2.51 bits per heavy atom. The zero-order chi connectivity index (χ0) is 24.8. The lowest BCUT2D eigenvalue weighted by Crippen LogP contribution is -2.38. The zero-order valence-corrected chi connectivity index (χ0v) is 20.8. The number of rotatable bonds is 8. The summed E-state index contributed by atoms with van der Waals surface area (Å²) in [4.78, 5) is 47.8. The molecule has 1 aliphatic rings. The van der Waals surface area contributed by atoms with Crippen molar-refractivity contribution >= 4 is 46.2 Å². The Bertz CT molecular complexity index is 1190. The number of likely N-dealkylation sites (tertiary alicyclic amines) is 1. The van der Waals surface area contributed by atoms with E-state index in [4.69, 9.17) is 16.3 Å². The number of aromatic nitrogens is 2. The molecule has 1 aromatic carbocycles. The van der Waals surface area contributed by atoms with Gasteiger partial charge in [-0.25, -0.2) is 9.97 Å².